The highest BCUT2D eigenvalue weighted by Gasteiger charge is 2.26. The van der Waals surface area contributed by atoms with E-state index in [2.05, 4.69) is 34.6 Å². The highest BCUT2D eigenvalue weighted by Crippen LogP contribution is 2.35. The highest BCUT2D eigenvalue weighted by molar-refractivity contribution is 6.55. The SMILES string of the molecule is CCCCCCCC(Cl)BC(C)(C)C(C)C. The molecule has 16 heavy (non-hydrogen) atoms. The molecule has 0 nitrogen and oxygen atoms in total. The van der Waals surface area contributed by atoms with Gasteiger partial charge in [-0.05, 0) is 12.3 Å². The maximum atomic E-state index is 6.42. The van der Waals surface area contributed by atoms with Crippen LogP contribution in [0.1, 0.15) is 73.1 Å². The first-order chi connectivity index (χ1) is 7.40. The summed E-state index contributed by atoms with van der Waals surface area (Å²) >= 11 is 6.42. The summed E-state index contributed by atoms with van der Waals surface area (Å²) in [6, 6.07) is 0. The van der Waals surface area contributed by atoms with Gasteiger partial charge in [-0.1, -0.05) is 72.0 Å². The molecule has 0 heterocycles. The van der Waals surface area contributed by atoms with Crippen molar-refractivity contribution in [3.63, 3.8) is 0 Å². The largest absolute Gasteiger partial charge is 0.149 e. The number of halogens is 1. The van der Waals surface area contributed by atoms with E-state index in [1.165, 1.54) is 38.5 Å². The van der Waals surface area contributed by atoms with Gasteiger partial charge in [-0.15, -0.1) is 11.6 Å². The van der Waals surface area contributed by atoms with E-state index in [0.29, 0.717) is 16.5 Å². The lowest BCUT2D eigenvalue weighted by Gasteiger charge is -2.30. The molecule has 0 radical (unpaired) electrons. The van der Waals surface area contributed by atoms with E-state index in [0.717, 1.165) is 7.28 Å². The molecule has 0 saturated heterocycles. The summed E-state index contributed by atoms with van der Waals surface area (Å²) < 4.78 is 0. The molecule has 0 spiro atoms. The van der Waals surface area contributed by atoms with Gasteiger partial charge in [-0.25, -0.2) is 0 Å². The monoisotopic (exact) mass is 244 g/mol. The van der Waals surface area contributed by atoms with Crippen LogP contribution in [0.15, 0.2) is 0 Å². The van der Waals surface area contributed by atoms with Crippen LogP contribution in [0.4, 0.5) is 0 Å². The van der Waals surface area contributed by atoms with Gasteiger partial charge < -0.3 is 0 Å². The van der Waals surface area contributed by atoms with Crippen LogP contribution in [0.3, 0.4) is 0 Å². The number of unbranched alkanes of at least 4 members (excludes halogenated alkanes) is 4. The van der Waals surface area contributed by atoms with E-state index in [1.54, 1.807) is 0 Å². The Morgan fingerprint density at radius 2 is 1.62 bits per heavy atom. The number of hydrogen-bond acceptors (Lipinski definition) is 0. The lowest BCUT2D eigenvalue weighted by Crippen LogP contribution is -2.27. The number of alkyl halides is 1. The fourth-order valence-electron chi connectivity index (χ4n) is 1.88. The van der Waals surface area contributed by atoms with E-state index >= 15 is 0 Å². The van der Waals surface area contributed by atoms with Crippen molar-refractivity contribution in [3.05, 3.63) is 0 Å². The maximum absolute atomic E-state index is 6.42. The maximum Gasteiger partial charge on any atom is 0.149 e. The first-order valence-electron chi connectivity index (χ1n) is 7.04. The first-order valence-corrected chi connectivity index (χ1v) is 7.48. The van der Waals surface area contributed by atoms with Crippen LogP contribution in [-0.4, -0.2) is 12.6 Å². The second-order valence-corrected chi connectivity index (χ2v) is 6.76. The van der Waals surface area contributed by atoms with Crippen molar-refractivity contribution < 1.29 is 0 Å². The molecule has 1 atom stereocenters. The average molecular weight is 245 g/mol. The summed E-state index contributed by atoms with van der Waals surface area (Å²) in [5.74, 6) is 0.717. The molecule has 0 aromatic rings. The summed E-state index contributed by atoms with van der Waals surface area (Å²) in [5, 5.41) is 0.759. The summed E-state index contributed by atoms with van der Waals surface area (Å²) in [6.07, 6.45) is 7.95. The van der Waals surface area contributed by atoms with Crippen LogP contribution in [-0.2, 0) is 0 Å². The van der Waals surface area contributed by atoms with Crippen molar-refractivity contribution in [1.29, 1.82) is 0 Å². The third-order valence-electron chi connectivity index (χ3n) is 3.93. The molecule has 1 unspecified atom stereocenters. The third-order valence-corrected chi connectivity index (χ3v) is 4.30. The molecule has 0 aromatic carbocycles. The topological polar surface area (TPSA) is 0 Å². The summed E-state index contributed by atoms with van der Waals surface area (Å²) in [6.45, 7) is 11.5. The fraction of sp³-hybridized carbons (Fsp3) is 1.00. The van der Waals surface area contributed by atoms with E-state index in [1.807, 2.05) is 0 Å². The summed E-state index contributed by atoms with van der Waals surface area (Å²) in [7, 11) is 1.15. The van der Waals surface area contributed by atoms with Gasteiger partial charge in [0.25, 0.3) is 0 Å². The van der Waals surface area contributed by atoms with E-state index in [-0.39, 0.29) is 0 Å². The predicted molar refractivity (Wildman–Crippen MR) is 79.0 cm³/mol. The van der Waals surface area contributed by atoms with Crippen LogP contribution in [0.2, 0.25) is 5.31 Å². The Kier molecular flexibility index (Phi) is 8.63. The Bertz CT molecular complexity index is 166. The zero-order valence-electron chi connectivity index (χ0n) is 12.0. The van der Waals surface area contributed by atoms with Gasteiger partial charge in [0, 0.05) is 5.28 Å². The molecule has 0 aliphatic rings. The van der Waals surface area contributed by atoms with Crippen LogP contribution in [0.25, 0.3) is 0 Å². The Hall–Kier alpha value is 0.355. The van der Waals surface area contributed by atoms with Gasteiger partial charge in [0.05, 0.1) is 0 Å². The molecule has 0 rings (SSSR count). The minimum atomic E-state index is 0.374. The highest BCUT2D eigenvalue weighted by atomic mass is 35.5. The summed E-state index contributed by atoms with van der Waals surface area (Å²) in [4.78, 5) is 0. The third kappa shape index (κ3) is 7.60. The van der Waals surface area contributed by atoms with Crippen LogP contribution < -0.4 is 0 Å². The van der Waals surface area contributed by atoms with Crippen LogP contribution in [0, 0.1) is 5.92 Å². The molecule has 0 amide bonds. The molecule has 0 N–H and O–H groups in total. The molecule has 96 valence electrons. The predicted octanol–water partition coefficient (Wildman–Crippen LogP) is 5.20. The Balaban J connectivity index is 3.62. The van der Waals surface area contributed by atoms with E-state index in [9.17, 15) is 0 Å². The van der Waals surface area contributed by atoms with Crippen LogP contribution in [0.5, 0.6) is 0 Å². The van der Waals surface area contributed by atoms with Gasteiger partial charge in [0.2, 0.25) is 0 Å². The van der Waals surface area contributed by atoms with Crippen molar-refractivity contribution in [1.82, 2.24) is 0 Å². The van der Waals surface area contributed by atoms with Crippen molar-refractivity contribution in [2.24, 2.45) is 5.92 Å². The molecule has 0 fully saturated rings. The normalized spacial score (nSPS) is 14.2. The van der Waals surface area contributed by atoms with Gasteiger partial charge in [0.1, 0.15) is 7.28 Å². The van der Waals surface area contributed by atoms with Gasteiger partial charge in [-0.2, -0.15) is 0 Å². The van der Waals surface area contributed by atoms with Gasteiger partial charge in [-0.3, -0.25) is 0 Å². The Morgan fingerprint density at radius 1 is 1.06 bits per heavy atom. The van der Waals surface area contributed by atoms with E-state index < -0.39 is 0 Å². The minimum absolute atomic E-state index is 0.374. The molecule has 0 aromatic heterocycles. The lowest BCUT2D eigenvalue weighted by atomic mass is 9.47. The van der Waals surface area contributed by atoms with Crippen molar-refractivity contribution in [2.45, 2.75) is 83.7 Å². The van der Waals surface area contributed by atoms with Crippen molar-refractivity contribution >= 4 is 18.9 Å². The number of rotatable bonds is 9. The van der Waals surface area contributed by atoms with Gasteiger partial charge >= 0.3 is 0 Å². The van der Waals surface area contributed by atoms with Crippen molar-refractivity contribution in [2.75, 3.05) is 0 Å². The Morgan fingerprint density at radius 3 is 2.12 bits per heavy atom. The lowest BCUT2D eigenvalue weighted by molar-refractivity contribution is 0.470. The quantitative estimate of drug-likeness (QED) is 0.297. The molecule has 0 saturated carbocycles. The van der Waals surface area contributed by atoms with E-state index in [4.69, 9.17) is 11.6 Å². The Labute approximate surface area is 109 Å². The fourth-order valence-corrected chi connectivity index (χ4v) is 2.43. The van der Waals surface area contributed by atoms with Crippen LogP contribution >= 0.6 is 11.6 Å². The minimum Gasteiger partial charge on any atom is -0.132 e. The zero-order valence-corrected chi connectivity index (χ0v) is 12.7. The number of hydrogen-bond donors (Lipinski definition) is 0. The molecule has 0 bridgehead atoms. The second kappa shape index (κ2) is 8.45. The smallest absolute Gasteiger partial charge is 0.132 e. The molecule has 0 aliphatic carbocycles. The molecular weight excluding hydrogens is 214 g/mol. The zero-order chi connectivity index (χ0) is 12.6. The standard InChI is InChI=1S/C14H30BCl/c1-6-7-8-9-10-11-13(16)15-14(4,5)12(2)3/h12-13,15H,6-11H2,1-5H3. The molecular formula is C14H30BCl. The second-order valence-electron chi connectivity index (χ2n) is 6.15. The van der Waals surface area contributed by atoms with Gasteiger partial charge in [0.15, 0.2) is 0 Å². The molecule has 0 aliphatic heterocycles. The average Bonchev–Trinajstić information content (AvgIpc) is 2.16. The summed E-state index contributed by atoms with van der Waals surface area (Å²) in [5.41, 5.74) is 0. The first kappa shape index (κ1) is 16.4. The van der Waals surface area contributed by atoms with Crippen molar-refractivity contribution in [3.8, 4) is 0 Å². The molecule has 2 heteroatoms.